The number of halogens is 2. The van der Waals surface area contributed by atoms with E-state index >= 15 is 0 Å². The molecule has 0 radical (unpaired) electrons. The van der Waals surface area contributed by atoms with Gasteiger partial charge in [-0.15, -0.1) is 0 Å². The molecule has 2 atom stereocenters. The van der Waals surface area contributed by atoms with Gasteiger partial charge >= 0.3 is 0 Å². The molecule has 3 heteroatoms. The van der Waals surface area contributed by atoms with Gasteiger partial charge in [0.05, 0.1) is 4.47 Å². The molecule has 0 saturated heterocycles. The molecule has 0 aromatic heterocycles. The smallest absolute Gasteiger partial charge is 0.137 e. The fourth-order valence-electron chi connectivity index (χ4n) is 2.67. The minimum atomic E-state index is -0.161. The fraction of sp³-hybridized carbons (Fsp3) is 0.625. The summed E-state index contributed by atoms with van der Waals surface area (Å²) >= 11 is 3.38. The Morgan fingerprint density at radius 1 is 1.42 bits per heavy atom. The van der Waals surface area contributed by atoms with Crippen molar-refractivity contribution in [3.63, 3.8) is 0 Å². The zero-order valence-corrected chi connectivity index (χ0v) is 13.3. The van der Waals surface area contributed by atoms with E-state index in [1.807, 2.05) is 6.07 Å². The third kappa shape index (κ3) is 4.03. The Labute approximate surface area is 124 Å². The highest BCUT2D eigenvalue weighted by atomic mass is 79.9. The van der Waals surface area contributed by atoms with Gasteiger partial charge in [0.15, 0.2) is 0 Å². The monoisotopic (exact) mass is 327 g/mol. The first kappa shape index (κ1) is 15.0. The second-order valence-electron chi connectivity index (χ2n) is 5.67. The molecule has 1 saturated carbocycles. The van der Waals surface area contributed by atoms with Crippen molar-refractivity contribution in [2.45, 2.75) is 45.6 Å². The van der Waals surface area contributed by atoms with E-state index in [2.05, 4.69) is 35.1 Å². The molecule has 0 aliphatic heterocycles. The molecular weight excluding hydrogens is 305 g/mol. The number of rotatable bonds is 7. The molecule has 1 aromatic rings. The van der Waals surface area contributed by atoms with Crippen molar-refractivity contribution in [3.05, 3.63) is 34.1 Å². The SMILES string of the molecule is CCCNC(Cc1cccc(F)c1Br)C(C)C1CC1. The minimum absolute atomic E-state index is 0.161. The van der Waals surface area contributed by atoms with E-state index < -0.39 is 0 Å². The molecule has 2 rings (SSSR count). The fourth-order valence-corrected chi connectivity index (χ4v) is 3.09. The average molecular weight is 328 g/mol. The molecule has 0 spiro atoms. The summed E-state index contributed by atoms with van der Waals surface area (Å²) in [5.41, 5.74) is 1.07. The van der Waals surface area contributed by atoms with Crippen molar-refractivity contribution >= 4 is 15.9 Å². The van der Waals surface area contributed by atoms with Crippen LogP contribution in [0, 0.1) is 17.7 Å². The first-order valence-electron chi connectivity index (χ1n) is 7.29. The molecule has 1 nitrogen and oxygen atoms in total. The lowest BCUT2D eigenvalue weighted by Crippen LogP contribution is -2.38. The van der Waals surface area contributed by atoms with Gasteiger partial charge in [-0.1, -0.05) is 26.0 Å². The molecule has 1 aromatic carbocycles. The van der Waals surface area contributed by atoms with Crippen molar-refractivity contribution in [1.29, 1.82) is 0 Å². The lowest BCUT2D eigenvalue weighted by atomic mass is 9.91. The number of hydrogen-bond donors (Lipinski definition) is 1. The average Bonchev–Trinajstić information content (AvgIpc) is 3.23. The van der Waals surface area contributed by atoms with E-state index in [0.717, 1.165) is 30.9 Å². The summed E-state index contributed by atoms with van der Waals surface area (Å²) in [6.07, 6.45) is 4.75. The predicted molar refractivity (Wildman–Crippen MR) is 81.8 cm³/mol. The Bertz CT molecular complexity index is 417. The zero-order chi connectivity index (χ0) is 13.8. The molecule has 1 aliphatic carbocycles. The first-order chi connectivity index (χ1) is 9.13. The van der Waals surface area contributed by atoms with Crippen LogP contribution in [-0.2, 0) is 6.42 Å². The second-order valence-corrected chi connectivity index (χ2v) is 6.47. The largest absolute Gasteiger partial charge is 0.313 e. The van der Waals surface area contributed by atoms with Crippen molar-refractivity contribution in [1.82, 2.24) is 5.32 Å². The van der Waals surface area contributed by atoms with E-state index in [0.29, 0.717) is 16.4 Å². The Hall–Kier alpha value is -0.410. The molecule has 106 valence electrons. The maximum absolute atomic E-state index is 13.6. The third-order valence-electron chi connectivity index (χ3n) is 4.13. The molecule has 19 heavy (non-hydrogen) atoms. The topological polar surface area (TPSA) is 12.0 Å². The molecule has 0 bridgehead atoms. The Morgan fingerprint density at radius 3 is 2.79 bits per heavy atom. The molecule has 0 amide bonds. The quantitative estimate of drug-likeness (QED) is 0.774. The molecule has 2 unspecified atom stereocenters. The van der Waals surface area contributed by atoms with Crippen LogP contribution in [0.25, 0.3) is 0 Å². The summed E-state index contributed by atoms with van der Waals surface area (Å²) in [6, 6.07) is 5.78. The first-order valence-corrected chi connectivity index (χ1v) is 8.09. The van der Waals surface area contributed by atoms with E-state index in [1.54, 1.807) is 6.07 Å². The summed E-state index contributed by atoms with van der Waals surface area (Å²) in [5.74, 6) is 1.37. The standard InChI is InChI=1S/C16H23BrFN/c1-3-9-19-15(11(2)12-7-8-12)10-13-5-4-6-14(18)16(13)17/h4-6,11-12,15,19H,3,7-10H2,1-2H3. The van der Waals surface area contributed by atoms with Crippen LogP contribution in [0.15, 0.2) is 22.7 Å². The van der Waals surface area contributed by atoms with Crippen LogP contribution in [0.1, 0.15) is 38.7 Å². The van der Waals surface area contributed by atoms with Gasteiger partial charge in [-0.25, -0.2) is 4.39 Å². The summed E-state index contributed by atoms with van der Waals surface area (Å²) in [5, 5.41) is 3.64. The van der Waals surface area contributed by atoms with Gasteiger partial charge in [-0.05, 0) is 71.6 Å². The second kappa shape index (κ2) is 6.85. The number of hydrogen-bond acceptors (Lipinski definition) is 1. The highest BCUT2D eigenvalue weighted by Gasteiger charge is 2.33. The van der Waals surface area contributed by atoms with Gasteiger partial charge in [0.2, 0.25) is 0 Å². The van der Waals surface area contributed by atoms with Crippen molar-refractivity contribution < 1.29 is 4.39 Å². The van der Waals surface area contributed by atoms with Gasteiger partial charge < -0.3 is 5.32 Å². The van der Waals surface area contributed by atoms with Crippen LogP contribution in [0.2, 0.25) is 0 Å². The third-order valence-corrected chi connectivity index (χ3v) is 5.02. The summed E-state index contributed by atoms with van der Waals surface area (Å²) < 4.78 is 14.2. The Morgan fingerprint density at radius 2 is 2.16 bits per heavy atom. The zero-order valence-electron chi connectivity index (χ0n) is 11.8. The normalized spacial score (nSPS) is 18.3. The summed E-state index contributed by atoms with van der Waals surface area (Å²) in [6.45, 7) is 5.55. The van der Waals surface area contributed by atoms with Gasteiger partial charge in [-0.3, -0.25) is 0 Å². The van der Waals surface area contributed by atoms with Crippen LogP contribution in [-0.4, -0.2) is 12.6 Å². The predicted octanol–water partition coefficient (Wildman–Crippen LogP) is 4.55. The maximum atomic E-state index is 13.6. The number of benzene rings is 1. The van der Waals surface area contributed by atoms with Crippen molar-refractivity contribution in [3.8, 4) is 0 Å². The lowest BCUT2D eigenvalue weighted by molar-refractivity contribution is 0.339. The van der Waals surface area contributed by atoms with Crippen molar-refractivity contribution in [2.75, 3.05) is 6.54 Å². The highest BCUT2D eigenvalue weighted by Crippen LogP contribution is 2.39. The van der Waals surface area contributed by atoms with Gasteiger partial charge in [-0.2, -0.15) is 0 Å². The Kier molecular flexibility index (Phi) is 5.40. The molecule has 1 fully saturated rings. The Balaban J connectivity index is 2.07. The van der Waals surface area contributed by atoms with Crippen LogP contribution in [0.5, 0.6) is 0 Å². The molecule has 0 heterocycles. The lowest BCUT2D eigenvalue weighted by Gasteiger charge is -2.26. The summed E-state index contributed by atoms with van der Waals surface area (Å²) in [7, 11) is 0. The maximum Gasteiger partial charge on any atom is 0.137 e. The van der Waals surface area contributed by atoms with Crippen LogP contribution >= 0.6 is 15.9 Å². The molecule has 1 N–H and O–H groups in total. The van der Waals surface area contributed by atoms with E-state index in [9.17, 15) is 4.39 Å². The molecular formula is C16H23BrFN. The van der Waals surface area contributed by atoms with E-state index in [4.69, 9.17) is 0 Å². The molecule has 1 aliphatic rings. The van der Waals surface area contributed by atoms with E-state index in [-0.39, 0.29) is 5.82 Å². The van der Waals surface area contributed by atoms with Gasteiger partial charge in [0.25, 0.3) is 0 Å². The van der Waals surface area contributed by atoms with Gasteiger partial charge in [0, 0.05) is 6.04 Å². The van der Waals surface area contributed by atoms with Gasteiger partial charge in [0.1, 0.15) is 5.82 Å². The van der Waals surface area contributed by atoms with Crippen LogP contribution in [0.3, 0.4) is 0 Å². The summed E-state index contributed by atoms with van der Waals surface area (Å²) in [4.78, 5) is 0. The highest BCUT2D eigenvalue weighted by molar-refractivity contribution is 9.10. The van der Waals surface area contributed by atoms with Crippen LogP contribution in [0.4, 0.5) is 4.39 Å². The van der Waals surface area contributed by atoms with E-state index in [1.165, 1.54) is 18.9 Å². The minimum Gasteiger partial charge on any atom is -0.313 e. The van der Waals surface area contributed by atoms with Crippen LogP contribution < -0.4 is 5.32 Å². The van der Waals surface area contributed by atoms with Crippen molar-refractivity contribution in [2.24, 2.45) is 11.8 Å². The number of nitrogens with one attached hydrogen (secondary N) is 1.